The third-order valence-electron chi connectivity index (χ3n) is 4.19. The van der Waals surface area contributed by atoms with Gasteiger partial charge in [0.1, 0.15) is 11.6 Å². The maximum absolute atomic E-state index is 5.69. The van der Waals surface area contributed by atoms with E-state index in [9.17, 15) is 0 Å². The summed E-state index contributed by atoms with van der Waals surface area (Å²) in [6.45, 7) is 5.19. The molecule has 1 aromatic heterocycles. The molecule has 1 saturated heterocycles. The molecule has 5 heteroatoms. The minimum atomic E-state index is 0.391. The fourth-order valence-electron chi connectivity index (χ4n) is 3.16. The number of ether oxygens (including phenoxy) is 1. The van der Waals surface area contributed by atoms with Crippen LogP contribution in [0, 0.1) is 0 Å². The molecule has 19 heavy (non-hydrogen) atoms. The molecular formula is C14H24N4O. The summed E-state index contributed by atoms with van der Waals surface area (Å²) in [5, 5.41) is 12.4. The molecule has 2 aliphatic rings. The van der Waals surface area contributed by atoms with Crippen LogP contribution in [0.2, 0.25) is 0 Å². The van der Waals surface area contributed by atoms with Gasteiger partial charge in [0.05, 0.1) is 12.1 Å². The first-order valence-electron chi connectivity index (χ1n) is 7.65. The molecule has 106 valence electrons. The topological polar surface area (TPSA) is 52.0 Å². The Morgan fingerprint density at radius 3 is 3.11 bits per heavy atom. The molecule has 0 bridgehead atoms. The van der Waals surface area contributed by atoms with Gasteiger partial charge in [-0.2, -0.15) is 0 Å². The molecule has 1 N–H and O–H groups in total. The van der Waals surface area contributed by atoms with Gasteiger partial charge in [0.2, 0.25) is 0 Å². The van der Waals surface area contributed by atoms with Gasteiger partial charge in [-0.3, -0.25) is 0 Å². The zero-order valence-corrected chi connectivity index (χ0v) is 11.8. The van der Waals surface area contributed by atoms with Crippen molar-refractivity contribution in [3.05, 3.63) is 11.6 Å². The van der Waals surface area contributed by atoms with Crippen LogP contribution in [-0.4, -0.2) is 34.0 Å². The number of aryl methyl sites for hydroxylation is 1. The first-order chi connectivity index (χ1) is 9.38. The minimum absolute atomic E-state index is 0.391. The van der Waals surface area contributed by atoms with E-state index in [0.717, 1.165) is 50.6 Å². The molecule has 2 aliphatic heterocycles. The van der Waals surface area contributed by atoms with Gasteiger partial charge in [-0.1, -0.05) is 13.3 Å². The Hall–Kier alpha value is -0.940. The van der Waals surface area contributed by atoms with E-state index >= 15 is 0 Å². The van der Waals surface area contributed by atoms with Crippen LogP contribution in [0.3, 0.4) is 0 Å². The van der Waals surface area contributed by atoms with Gasteiger partial charge in [0.15, 0.2) is 0 Å². The normalized spacial score (nSPS) is 26.6. The fourth-order valence-corrected chi connectivity index (χ4v) is 3.16. The van der Waals surface area contributed by atoms with Crippen molar-refractivity contribution >= 4 is 0 Å². The Kier molecular flexibility index (Phi) is 4.13. The minimum Gasteiger partial charge on any atom is -0.378 e. The zero-order valence-electron chi connectivity index (χ0n) is 11.8. The van der Waals surface area contributed by atoms with Gasteiger partial charge in [-0.25, -0.2) is 0 Å². The predicted octanol–water partition coefficient (Wildman–Crippen LogP) is 1.83. The van der Waals surface area contributed by atoms with E-state index in [1.54, 1.807) is 0 Å². The van der Waals surface area contributed by atoms with E-state index in [-0.39, 0.29) is 0 Å². The van der Waals surface area contributed by atoms with Gasteiger partial charge < -0.3 is 14.6 Å². The monoisotopic (exact) mass is 264 g/mol. The SMILES string of the molecule is CCCC1NCCn2c(CCC3CCCO3)nnc21. The lowest BCUT2D eigenvalue weighted by molar-refractivity contribution is 0.104. The summed E-state index contributed by atoms with van der Waals surface area (Å²) in [7, 11) is 0. The van der Waals surface area contributed by atoms with Crippen LogP contribution in [-0.2, 0) is 17.7 Å². The van der Waals surface area contributed by atoms with Crippen molar-refractivity contribution in [2.75, 3.05) is 13.2 Å². The highest BCUT2D eigenvalue weighted by Gasteiger charge is 2.24. The second kappa shape index (κ2) is 6.01. The number of fused-ring (bicyclic) bond motifs is 1. The van der Waals surface area contributed by atoms with Gasteiger partial charge in [-0.05, 0) is 25.7 Å². The summed E-state index contributed by atoms with van der Waals surface area (Å²) >= 11 is 0. The smallest absolute Gasteiger partial charge is 0.150 e. The molecule has 0 spiro atoms. The molecule has 2 unspecified atom stereocenters. The third-order valence-corrected chi connectivity index (χ3v) is 4.19. The van der Waals surface area contributed by atoms with Gasteiger partial charge in [-0.15, -0.1) is 10.2 Å². The first-order valence-corrected chi connectivity index (χ1v) is 7.65. The van der Waals surface area contributed by atoms with Crippen LogP contribution < -0.4 is 5.32 Å². The van der Waals surface area contributed by atoms with E-state index in [1.165, 1.54) is 19.3 Å². The second-order valence-corrected chi connectivity index (χ2v) is 5.60. The standard InChI is InChI=1S/C14H24N4O/c1-2-4-12-14-17-16-13(18(14)9-8-15-12)7-6-11-5-3-10-19-11/h11-12,15H,2-10H2,1H3. The summed E-state index contributed by atoms with van der Waals surface area (Å²) in [6.07, 6.45) is 7.27. The van der Waals surface area contributed by atoms with E-state index in [1.807, 2.05) is 0 Å². The zero-order chi connectivity index (χ0) is 13.1. The molecule has 3 rings (SSSR count). The lowest BCUT2D eigenvalue weighted by atomic mass is 10.1. The summed E-state index contributed by atoms with van der Waals surface area (Å²) in [5.41, 5.74) is 0. The van der Waals surface area contributed by atoms with E-state index in [2.05, 4.69) is 27.0 Å². The number of rotatable bonds is 5. The van der Waals surface area contributed by atoms with Crippen LogP contribution >= 0.6 is 0 Å². The fraction of sp³-hybridized carbons (Fsp3) is 0.857. The van der Waals surface area contributed by atoms with Crippen LogP contribution in [0.5, 0.6) is 0 Å². The molecule has 0 aromatic carbocycles. The number of aromatic nitrogens is 3. The van der Waals surface area contributed by atoms with Gasteiger partial charge in [0, 0.05) is 26.1 Å². The van der Waals surface area contributed by atoms with Gasteiger partial charge in [0.25, 0.3) is 0 Å². The van der Waals surface area contributed by atoms with Crippen molar-refractivity contribution in [3.63, 3.8) is 0 Å². The molecule has 0 aliphatic carbocycles. The Morgan fingerprint density at radius 1 is 1.37 bits per heavy atom. The first kappa shape index (κ1) is 13.1. The van der Waals surface area contributed by atoms with E-state index < -0.39 is 0 Å². The highest BCUT2D eigenvalue weighted by molar-refractivity contribution is 5.04. The van der Waals surface area contributed by atoms with Crippen molar-refractivity contribution in [3.8, 4) is 0 Å². The largest absolute Gasteiger partial charge is 0.378 e. The molecule has 1 fully saturated rings. The van der Waals surface area contributed by atoms with Gasteiger partial charge >= 0.3 is 0 Å². The molecule has 0 amide bonds. The molecule has 0 radical (unpaired) electrons. The average molecular weight is 264 g/mol. The lowest BCUT2D eigenvalue weighted by Crippen LogP contribution is -2.34. The number of hydrogen-bond acceptors (Lipinski definition) is 4. The Bertz CT molecular complexity index is 412. The van der Waals surface area contributed by atoms with Crippen molar-refractivity contribution in [1.82, 2.24) is 20.1 Å². The van der Waals surface area contributed by atoms with Crippen LogP contribution in [0.1, 0.15) is 56.7 Å². The molecule has 5 nitrogen and oxygen atoms in total. The van der Waals surface area contributed by atoms with Crippen molar-refractivity contribution in [1.29, 1.82) is 0 Å². The molecule has 0 saturated carbocycles. The van der Waals surface area contributed by atoms with Crippen molar-refractivity contribution in [2.45, 2.75) is 64.1 Å². The molecule has 3 heterocycles. The second-order valence-electron chi connectivity index (χ2n) is 5.60. The third kappa shape index (κ3) is 2.82. The van der Waals surface area contributed by atoms with Crippen LogP contribution in [0.4, 0.5) is 0 Å². The molecule has 2 atom stereocenters. The number of nitrogens with one attached hydrogen (secondary N) is 1. The summed E-state index contributed by atoms with van der Waals surface area (Å²) in [4.78, 5) is 0. The summed E-state index contributed by atoms with van der Waals surface area (Å²) in [6, 6.07) is 0.391. The number of nitrogens with zero attached hydrogens (tertiary/aromatic N) is 3. The van der Waals surface area contributed by atoms with E-state index in [4.69, 9.17) is 4.74 Å². The maximum Gasteiger partial charge on any atom is 0.150 e. The van der Waals surface area contributed by atoms with Crippen LogP contribution in [0.15, 0.2) is 0 Å². The lowest BCUT2D eigenvalue weighted by Gasteiger charge is -2.24. The van der Waals surface area contributed by atoms with Crippen molar-refractivity contribution in [2.24, 2.45) is 0 Å². The number of hydrogen-bond donors (Lipinski definition) is 1. The highest BCUT2D eigenvalue weighted by atomic mass is 16.5. The molecular weight excluding hydrogens is 240 g/mol. The highest BCUT2D eigenvalue weighted by Crippen LogP contribution is 2.23. The quantitative estimate of drug-likeness (QED) is 0.881. The Morgan fingerprint density at radius 2 is 2.32 bits per heavy atom. The average Bonchev–Trinajstić information content (AvgIpc) is 3.06. The van der Waals surface area contributed by atoms with E-state index in [0.29, 0.717) is 12.1 Å². The summed E-state index contributed by atoms with van der Waals surface area (Å²) in [5.74, 6) is 2.28. The van der Waals surface area contributed by atoms with Crippen molar-refractivity contribution < 1.29 is 4.74 Å². The molecule has 1 aromatic rings. The Balaban J connectivity index is 1.66. The maximum atomic E-state index is 5.69. The van der Waals surface area contributed by atoms with Crippen LogP contribution in [0.25, 0.3) is 0 Å². The predicted molar refractivity (Wildman–Crippen MR) is 73.0 cm³/mol. The Labute approximate surface area is 114 Å². The summed E-state index contributed by atoms with van der Waals surface area (Å²) < 4.78 is 8.01.